The monoisotopic (exact) mass is 271 g/mol. The van der Waals surface area contributed by atoms with Crippen LogP contribution in [0.4, 0.5) is 4.39 Å². The molecule has 0 aliphatic carbocycles. The molecular weight excluding hydrogens is 261 g/mol. The van der Waals surface area contributed by atoms with E-state index in [1.165, 1.54) is 41.2 Å². The third kappa shape index (κ3) is 2.11. The molecule has 0 fully saturated rings. The van der Waals surface area contributed by atoms with Crippen LogP contribution in [0, 0.1) is 5.82 Å². The molecule has 0 N–H and O–H groups in total. The van der Waals surface area contributed by atoms with E-state index in [-0.39, 0.29) is 17.4 Å². The first kappa shape index (κ1) is 12.3. The summed E-state index contributed by atoms with van der Waals surface area (Å²) < 4.78 is 19.7. The second-order valence-electron chi connectivity index (χ2n) is 4.21. The van der Waals surface area contributed by atoms with E-state index < -0.39 is 0 Å². The highest BCUT2D eigenvalue weighted by molar-refractivity contribution is 5.76. The second kappa shape index (κ2) is 4.73. The minimum absolute atomic E-state index is 0.127. The summed E-state index contributed by atoms with van der Waals surface area (Å²) in [7, 11) is 1.56. The number of pyridine rings is 1. The molecule has 100 valence electrons. The molecule has 3 aromatic rings. The molecule has 2 aromatic heterocycles. The van der Waals surface area contributed by atoms with Gasteiger partial charge >= 0.3 is 6.01 Å². The highest BCUT2D eigenvalue weighted by Crippen LogP contribution is 2.19. The Hall–Kier alpha value is -2.76. The predicted molar refractivity (Wildman–Crippen MR) is 71.3 cm³/mol. The van der Waals surface area contributed by atoms with Gasteiger partial charge in [-0.2, -0.15) is 4.98 Å². The smallest absolute Gasteiger partial charge is 0.305 e. The van der Waals surface area contributed by atoms with Crippen molar-refractivity contribution in [3.05, 3.63) is 58.9 Å². The van der Waals surface area contributed by atoms with Crippen LogP contribution in [0.2, 0.25) is 0 Å². The molecule has 6 heteroatoms. The van der Waals surface area contributed by atoms with Gasteiger partial charge in [-0.1, -0.05) is 0 Å². The molecule has 0 saturated heterocycles. The van der Waals surface area contributed by atoms with Crippen molar-refractivity contribution >= 4 is 10.9 Å². The summed E-state index contributed by atoms with van der Waals surface area (Å²) in [5, 5.41) is 0.467. The van der Waals surface area contributed by atoms with Crippen molar-refractivity contribution in [2.24, 2.45) is 7.05 Å². The summed E-state index contributed by atoms with van der Waals surface area (Å²) >= 11 is 0. The van der Waals surface area contributed by atoms with Crippen LogP contribution in [0.15, 0.2) is 47.5 Å². The van der Waals surface area contributed by atoms with E-state index in [4.69, 9.17) is 4.74 Å². The van der Waals surface area contributed by atoms with Gasteiger partial charge in [0.2, 0.25) is 0 Å². The molecular formula is C14H10FN3O2. The molecule has 3 rings (SSSR count). The number of nitrogens with zero attached hydrogens (tertiary/aromatic N) is 3. The first-order chi connectivity index (χ1) is 9.65. The quantitative estimate of drug-likeness (QED) is 0.717. The van der Waals surface area contributed by atoms with Gasteiger partial charge in [0.05, 0.1) is 17.1 Å². The Labute approximate surface area is 113 Å². The van der Waals surface area contributed by atoms with E-state index in [0.717, 1.165) is 0 Å². The fraction of sp³-hybridized carbons (Fsp3) is 0.0714. The molecule has 0 amide bonds. The van der Waals surface area contributed by atoms with Gasteiger partial charge < -0.3 is 4.74 Å². The minimum atomic E-state index is -0.359. The number of fused-ring (bicyclic) bond motifs is 1. The number of aromatic nitrogens is 3. The molecule has 1 aromatic carbocycles. The van der Waals surface area contributed by atoms with Crippen LogP contribution in [0.1, 0.15) is 0 Å². The van der Waals surface area contributed by atoms with Gasteiger partial charge in [0.15, 0.2) is 0 Å². The predicted octanol–water partition coefficient (Wildman–Crippen LogP) is 2.26. The third-order valence-electron chi connectivity index (χ3n) is 2.86. The molecule has 20 heavy (non-hydrogen) atoms. The molecule has 5 nitrogen and oxygen atoms in total. The Balaban J connectivity index is 2.10. The van der Waals surface area contributed by atoms with Crippen molar-refractivity contribution in [3.63, 3.8) is 0 Å². The first-order valence-electron chi connectivity index (χ1n) is 5.89. The van der Waals surface area contributed by atoms with Crippen LogP contribution in [0.25, 0.3) is 10.9 Å². The molecule has 0 atom stereocenters. The van der Waals surface area contributed by atoms with Crippen LogP contribution in [0.5, 0.6) is 11.8 Å². The lowest BCUT2D eigenvalue weighted by Crippen LogP contribution is -2.19. The number of ether oxygens (including phenoxy) is 1. The van der Waals surface area contributed by atoms with Gasteiger partial charge in [0, 0.05) is 13.2 Å². The van der Waals surface area contributed by atoms with Crippen LogP contribution < -0.4 is 10.3 Å². The molecule has 0 saturated carbocycles. The zero-order valence-corrected chi connectivity index (χ0v) is 10.6. The number of rotatable bonds is 2. The summed E-state index contributed by atoms with van der Waals surface area (Å²) in [4.78, 5) is 20.3. The van der Waals surface area contributed by atoms with Crippen molar-refractivity contribution in [1.29, 1.82) is 0 Å². The molecule has 0 spiro atoms. The lowest BCUT2D eigenvalue weighted by atomic mass is 10.3. The van der Waals surface area contributed by atoms with E-state index in [1.54, 1.807) is 13.1 Å². The maximum atomic E-state index is 12.8. The zero-order chi connectivity index (χ0) is 14.1. The van der Waals surface area contributed by atoms with Gasteiger partial charge in [-0.15, -0.1) is 0 Å². The van der Waals surface area contributed by atoms with Crippen LogP contribution in [0.3, 0.4) is 0 Å². The van der Waals surface area contributed by atoms with E-state index in [2.05, 4.69) is 9.97 Å². The number of hydrogen-bond acceptors (Lipinski definition) is 4. The Kier molecular flexibility index (Phi) is 2.90. The molecule has 0 aliphatic heterocycles. The van der Waals surface area contributed by atoms with Gasteiger partial charge in [-0.05, 0) is 30.3 Å². The zero-order valence-electron chi connectivity index (χ0n) is 10.6. The van der Waals surface area contributed by atoms with Gasteiger partial charge in [0.25, 0.3) is 5.56 Å². The van der Waals surface area contributed by atoms with Gasteiger partial charge in [-0.3, -0.25) is 14.3 Å². The molecule has 0 unspecified atom stereocenters. The normalized spacial score (nSPS) is 10.7. The van der Waals surface area contributed by atoms with E-state index in [1.807, 2.05) is 0 Å². The Morgan fingerprint density at radius 1 is 1.20 bits per heavy atom. The summed E-state index contributed by atoms with van der Waals surface area (Å²) in [6.07, 6.45) is 3.03. The topological polar surface area (TPSA) is 57.0 Å². The van der Waals surface area contributed by atoms with E-state index >= 15 is 0 Å². The average molecular weight is 271 g/mol. The number of hydrogen-bond donors (Lipinski definition) is 0. The van der Waals surface area contributed by atoms with Crippen molar-refractivity contribution in [2.75, 3.05) is 0 Å². The lowest BCUT2D eigenvalue weighted by Gasteiger charge is -2.09. The van der Waals surface area contributed by atoms with Crippen molar-refractivity contribution in [3.8, 4) is 11.8 Å². The highest BCUT2D eigenvalue weighted by atomic mass is 19.1. The lowest BCUT2D eigenvalue weighted by molar-refractivity contribution is 0.415. The summed E-state index contributed by atoms with van der Waals surface area (Å²) in [5.74, 6) is 0.0408. The van der Waals surface area contributed by atoms with Gasteiger partial charge in [0.1, 0.15) is 11.6 Å². The molecule has 0 radical (unpaired) electrons. The fourth-order valence-electron chi connectivity index (χ4n) is 1.80. The van der Waals surface area contributed by atoms with Crippen molar-refractivity contribution in [1.82, 2.24) is 14.5 Å². The third-order valence-corrected chi connectivity index (χ3v) is 2.86. The van der Waals surface area contributed by atoms with Crippen LogP contribution >= 0.6 is 0 Å². The standard InChI is InChI=1S/C14H10FN3O2/c1-18-13(19)11-6-7-16-8-12(11)17-14(18)20-10-4-2-9(15)3-5-10/h2-8H,1H3. The van der Waals surface area contributed by atoms with Crippen molar-refractivity contribution < 1.29 is 9.13 Å². The Bertz CT molecular complexity index is 828. The van der Waals surface area contributed by atoms with Gasteiger partial charge in [-0.25, -0.2) is 4.39 Å². The molecule has 0 aliphatic rings. The maximum Gasteiger partial charge on any atom is 0.305 e. The Morgan fingerprint density at radius 3 is 2.70 bits per heavy atom. The summed E-state index contributed by atoms with van der Waals surface area (Å²) in [6, 6.07) is 7.21. The van der Waals surface area contributed by atoms with E-state index in [9.17, 15) is 9.18 Å². The largest absolute Gasteiger partial charge is 0.425 e. The Morgan fingerprint density at radius 2 is 1.95 bits per heavy atom. The summed E-state index contributed by atoms with van der Waals surface area (Å²) in [5.41, 5.74) is 0.224. The number of benzene rings is 1. The van der Waals surface area contributed by atoms with Crippen LogP contribution in [-0.4, -0.2) is 14.5 Å². The highest BCUT2D eigenvalue weighted by Gasteiger charge is 2.10. The van der Waals surface area contributed by atoms with E-state index in [0.29, 0.717) is 16.7 Å². The average Bonchev–Trinajstić information content (AvgIpc) is 2.47. The maximum absolute atomic E-state index is 12.8. The minimum Gasteiger partial charge on any atom is -0.425 e. The molecule has 2 heterocycles. The van der Waals surface area contributed by atoms with Crippen LogP contribution in [-0.2, 0) is 7.05 Å². The van der Waals surface area contributed by atoms with Crippen molar-refractivity contribution in [2.45, 2.75) is 0 Å². The second-order valence-corrected chi connectivity index (χ2v) is 4.21. The fourth-order valence-corrected chi connectivity index (χ4v) is 1.80. The first-order valence-corrected chi connectivity index (χ1v) is 5.89. The SMILES string of the molecule is Cn1c(Oc2ccc(F)cc2)nc2cnccc2c1=O. The molecule has 0 bridgehead atoms. The number of halogens is 1. The summed E-state index contributed by atoms with van der Waals surface area (Å²) in [6.45, 7) is 0.